The predicted octanol–water partition coefficient (Wildman–Crippen LogP) is 0.433. The van der Waals surface area contributed by atoms with Gasteiger partial charge in [-0.2, -0.15) is 0 Å². The van der Waals surface area contributed by atoms with Crippen molar-refractivity contribution in [2.45, 2.75) is 31.2 Å². The summed E-state index contributed by atoms with van der Waals surface area (Å²) in [5, 5.41) is 0. The van der Waals surface area contributed by atoms with E-state index in [4.69, 9.17) is 18.9 Å². The van der Waals surface area contributed by atoms with Gasteiger partial charge in [-0.1, -0.05) is 6.08 Å². The summed E-state index contributed by atoms with van der Waals surface area (Å²) < 4.78 is 20.4. The van der Waals surface area contributed by atoms with E-state index in [-0.39, 0.29) is 18.2 Å². The van der Waals surface area contributed by atoms with Crippen molar-refractivity contribution in [1.82, 2.24) is 0 Å². The standard InChI is InChI=1S/C12H16O5/c13-12(17-7-11-6-16-11)8(3-10-5-15-10)1-2-9-4-14-9/h1,9-11H,2-7H2. The second-order valence-electron chi connectivity index (χ2n) is 4.63. The maximum absolute atomic E-state index is 11.8. The first-order valence-electron chi connectivity index (χ1n) is 6.02. The molecule has 3 aliphatic rings. The van der Waals surface area contributed by atoms with Crippen LogP contribution in [0.25, 0.3) is 0 Å². The van der Waals surface area contributed by atoms with Crippen molar-refractivity contribution in [3.05, 3.63) is 11.6 Å². The van der Waals surface area contributed by atoms with Crippen LogP contribution in [-0.2, 0) is 23.7 Å². The number of rotatable bonds is 7. The Kier molecular flexibility index (Phi) is 3.13. The van der Waals surface area contributed by atoms with Crippen LogP contribution in [0, 0.1) is 0 Å². The van der Waals surface area contributed by atoms with Crippen molar-refractivity contribution in [2.24, 2.45) is 0 Å². The molecule has 0 saturated carbocycles. The molecule has 3 fully saturated rings. The van der Waals surface area contributed by atoms with Gasteiger partial charge >= 0.3 is 5.97 Å². The third kappa shape index (κ3) is 3.80. The molecule has 5 heteroatoms. The summed E-state index contributed by atoms with van der Waals surface area (Å²) in [6, 6.07) is 0. The summed E-state index contributed by atoms with van der Waals surface area (Å²) in [7, 11) is 0. The van der Waals surface area contributed by atoms with E-state index in [1.165, 1.54) is 0 Å². The molecule has 0 aromatic rings. The lowest BCUT2D eigenvalue weighted by Crippen LogP contribution is -2.13. The molecule has 3 saturated heterocycles. The first kappa shape index (κ1) is 11.2. The van der Waals surface area contributed by atoms with Crippen LogP contribution >= 0.6 is 0 Å². The Morgan fingerprint density at radius 3 is 2.35 bits per heavy atom. The lowest BCUT2D eigenvalue weighted by Gasteiger charge is -2.06. The van der Waals surface area contributed by atoms with E-state index in [9.17, 15) is 4.79 Å². The summed E-state index contributed by atoms with van der Waals surface area (Å²) in [5.41, 5.74) is 0.712. The van der Waals surface area contributed by atoms with Crippen LogP contribution in [0.5, 0.6) is 0 Å². The molecule has 3 rings (SSSR count). The van der Waals surface area contributed by atoms with Gasteiger partial charge in [0, 0.05) is 12.0 Å². The fraction of sp³-hybridized carbons (Fsp3) is 0.750. The van der Waals surface area contributed by atoms with E-state index in [0.717, 1.165) is 19.6 Å². The van der Waals surface area contributed by atoms with Gasteiger partial charge in [-0.3, -0.25) is 0 Å². The number of hydrogen-bond acceptors (Lipinski definition) is 5. The minimum Gasteiger partial charge on any atom is -0.459 e. The molecule has 0 aliphatic carbocycles. The summed E-state index contributed by atoms with van der Waals surface area (Å²) >= 11 is 0. The van der Waals surface area contributed by atoms with Crippen LogP contribution in [0.1, 0.15) is 12.8 Å². The Morgan fingerprint density at radius 1 is 1.12 bits per heavy atom. The number of esters is 1. The van der Waals surface area contributed by atoms with E-state index in [2.05, 4.69) is 0 Å². The van der Waals surface area contributed by atoms with Gasteiger partial charge in [0.15, 0.2) is 0 Å². The summed E-state index contributed by atoms with van der Waals surface area (Å²) in [5.74, 6) is -0.239. The normalized spacial score (nSPS) is 34.4. The van der Waals surface area contributed by atoms with Crippen LogP contribution in [0.15, 0.2) is 11.6 Å². The molecule has 0 bridgehead atoms. The highest BCUT2D eigenvalue weighted by Gasteiger charge is 2.30. The Bertz CT molecular complexity index is 326. The summed E-state index contributed by atoms with van der Waals surface area (Å²) in [6.07, 6.45) is 3.98. The lowest BCUT2D eigenvalue weighted by atomic mass is 10.1. The summed E-state index contributed by atoms with van der Waals surface area (Å²) in [4.78, 5) is 11.8. The third-order valence-corrected chi connectivity index (χ3v) is 2.94. The van der Waals surface area contributed by atoms with Crippen molar-refractivity contribution in [3.8, 4) is 0 Å². The van der Waals surface area contributed by atoms with E-state index in [0.29, 0.717) is 31.3 Å². The average Bonchev–Trinajstić information content (AvgIpc) is 3.12. The van der Waals surface area contributed by atoms with Crippen molar-refractivity contribution in [1.29, 1.82) is 0 Å². The quantitative estimate of drug-likeness (QED) is 0.367. The highest BCUT2D eigenvalue weighted by molar-refractivity contribution is 5.88. The molecule has 0 aromatic heterocycles. The number of hydrogen-bond donors (Lipinski definition) is 0. The third-order valence-electron chi connectivity index (χ3n) is 2.94. The fourth-order valence-electron chi connectivity index (χ4n) is 1.58. The number of carbonyl (C=O) groups is 1. The van der Waals surface area contributed by atoms with Gasteiger partial charge in [0.1, 0.15) is 12.7 Å². The zero-order valence-corrected chi connectivity index (χ0v) is 9.59. The van der Waals surface area contributed by atoms with Gasteiger partial charge < -0.3 is 18.9 Å². The fourth-order valence-corrected chi connectivity index (χ4v) is 1.58. The molecule has 0 spiro atoms. The topological polar surface area (TPSA) is 63.9 Å². The number of epoxide rings is 3. The maximum atomic E-state index is 11.8. The van der Waals surface area contributed by atoms with Crippen LogP contribution in [0.3, 0.4) is 0 Å². The van der Waals surface area contributed by atoms with Crippen LogP contribution in [-0.4, -0.2) is 50.7 Å². The molecule has 0 aromatic carbocycles. The first-order valence-corrected chi connectivity index (χ1v) is 6.02. The Labute approximate surface area is 99.7 Å². The second-order valence-corrected chi connectivity index (χ2v) is 4.63. The molecule has 0 N–H and O–H groups in total. The van der Waals surface area contributed by atoms with Gasteiger partial charge in [0.2, 0.25) is 0 Å². The van der Waals surface area contributed by atoms with Crippen molar-refractivity contribution >= 4 is 5.97 Å². The molecule has 5 nitrogen and oxygen atoms in total. The molecule has 3 aliphatic heterocycles. The summed E-state index contributed by atoms with van der Waals surface area (Å²) in [6.45, 7) is 2.61. The maximum Gasteiger partial charge on any atom is 0.333 e. The van der Waals surface area contributed by atoms with E-state index >= 15 is 0 Å². The minimum atomic E-state index is -0.239. The second kappa shape index (κ2) is 4.76. The number of carbonyl (C=O) groups excluding carboxylic acids is 1. The Balaban J connectivity index is 1.50. The highest BCUT2D eigenvalue weighted by Crippen LogP contribution is 2.23. The predicted molar refractivity (Wildman–Crippen MR) is 57.5 cm³/mol. The van der Waals surface area contributed by atoms with Gasteiger partial charge in [-0.05, 0) is 6.42 Å². The molecule has 94 valence electrons. The van der Waals surface area contributed by atoms with Crippen LogP contribution in [0.4, 0.5) is 0 Å². The van der Waals surface area contributed by atoms with Crippen molar-refractivity contribution < 1.29 is 23.7 Å². The molecule has 3 atom stereocenters. The Hall–Kier alpha value is -0.910. The molecule has 3 heterocycles. The molecule has 3 unspecified atom stereocenters. The lowest BCUT2D eigenvalue weighted by molar-refractivity contribution is -0.139. The van der Waals surface area contributed by atoms with Gasteiger partial charge in [-0.25, -0.2) is 4.79 Å². The molecule has 17 heavy (non-hydrogen) atoms. The van der Waals surface area contributed by atoms with Gasteiger partial charge in [0.25, 0.3) is 0 Å². The highest BCUT2D eigenvalue weighted by atomic mass is 16.6. The molecular formula is C12H16O5. The molecular weight excluding hydrogens is 224 g/mol. The monoisotopic (exact) mass is 240 g/mol. The van der Waals surface area contributed by atoms with E-state index < -0.39 is 0 Å². The van der Waals surface area contributed by atoms with Crippen LogP contribution < -0.4 is 0 Å². The smallest absolute Gasteiger partial charge is 0.333 e. The van der Waals surface area contributed by atoms with E-state index in [1.807, 2.05) is 6.08 Å². The SMILES string of the molecule is O=C(OCC1CO1)C(=CCC1CO1)CC1CO1. The molecule has 0 amide bonds. The Morgan fingerprint density at radius 2 is 1.76 bits per heavy atom. The number of ether oxygens (including phenoxy) is 4. The minimum absolute atomic E-state index is 0.115. The van der Waals surface area contributed by atoms with E-state index in [1.54, 1.807) is 0 Å². The largest absolute Gasteiger partial charge is 0.459 e. The average molecular weight is 240 g/mol. The zero-order chi connectivity index (χ0) is 11.7. The molecule has 0 radical (unpaired) electrons. The van der Waals surface area contributed by atoms with Gasteiger partial charge in [-0.15, -0.1) is 0 Å². The van der Waals surface area contributed by atoms with Crippen molar-refractivity contribution in [3.63, 3.8) is 0 Å². The van der Waals surface area contributed by atoms with Crippen molar-refractivity contribution in [2.75, 3.05) is 26.4 Å². The van der Waals surface area contributed by atoms with Gasteiger partial charge in [0.05, 0.1) is 32.0 Å². The van der Waals surface area contributed by atoms with Crippen LogP contribution in [0.2, 0.25) is 0 Å². The zero-order valence-electron chi connectivity index (χ0n) is 9.59. The first-order chi connectivity index (χ1) is 8.31.